The summed E-state index contributed by atoms with van der Waals surface area (Å²) in [6.07, 6.45) is 4.59. The summed E-state index contributed by atoms with van der Waals surface area (Å²) in [5, 5.41) is 7.78. The van der Waals surface area contributed by atoms with E-state index in [4.69, 9.17) is 16.1 Å². The highest BCUT2D eigenvalue weighted by atomic mass is 35.5. The number of hydrogen-bond donors (Lipinski definition) is 1. The predicted molar refractivity (Wildman–Crippen MR) is 90.6 cm³/mol. The van der Waals surface area contributed by atoms with E-state index in [1.54, 1.807) is 13.0 Å². The molecule has 23 heavy (non-hydrogen) atoms. The number of amides is 1. The van der Waals surface area contributed by atoms with E-state index in [-0.39, 0.29) is 11.9 Å². The molecule has 1 aliphatic carbocycles. The number of halogens is 1. The van der Waals surface area contributed by atoms with Gasteiger partial charge in [-0.25, -0.2) is 0 Å². The Morgan fingerprint density at radius 1 is 1.30 bits per heavy atom. The van der Waals surface area contributed by atoms with Crippen LogP contribution in [0.2, 0.25) is 5.02 Å². The third-order valence-corrected chi connectivity index (χ3v) is 4.98. The van der Waals surface area contributed by atoms with Gasteiger partial charge in [-0.1, -0.05) is 54.7 Å². The SMILES string of the molecule is Cc1onc(-c2ccccc2Cl)c1C(=O)N[C@H]1CCCC[C@H]1C. The summed E-state index contributed by atoms with van der Waals surface area (Å²) in [7, 11) is 0. The molecule has 1 heterocycles. The first kappa shape index (κ1) is 16.1. The Labute approximate surface area is 141 Å². The van der Waals surface area contributed by atoms with Gasteiger partial charge in [0.05, 0.1) is 5.02 Å². The zero-order valence-electron chi connectivity index (χ0n) is 13.4. The van der Waals surface area contributed by atoms with Crippen LogP contribution in [0.4, 0.5) is 0 Å². The fraction of sp³-hybridized carbons (Fsp3) is 0.444. The summed E-state index contributed by atoms with van der Waals surface area (Å²) in [5.41, 5.74) is 1.71. The maximum absolute atomic E-state index is 12.8. The van der Waals surface area contributed by atoms with Crippen molar-refractivity contribution in [3.05, 3.63) is 40.6 Å². The second-order valence-corrected chi connectivity index (χ2v) is 6.69. The molecule has 1 aliphatic rings. The summed E-state index contributed by atoms with van der Waals surface area (Å²) in [5.74, 6) is 0.884. The molecule has 0 aliphatic heterocycles. The van der Waals surface area contributed by atoms with Gasteiger partial charge in [-0.3, -0.25) is 4.79 Å². The lowest BCUT2D eigenvalue weighted by molar-refractivity contribution is 0.0909. The lowest BCUT2D eigenvalue weighted by Crippen LogP contribution is -2.41. The fourth-order valence-corrected chi connectivity index (χ4v) is 3.47. The highest BCUT2D eigenvalue weighted by Gasteiger charge is 2.28. The Bertz CT molecular complexity index is 711. The molecule has 0 saturated heterocycles. The van der Waals surface area contributed by atoms with Crippen molar-refractivity contribution in [3.8, 4) is 11.3 Å². The number of nitrogens with one attached hydrogen (secondary N) is 1. The molecule has 0 bridgehead atoms. The largest absolute Gasteiger partial charge is 0.360 e. The molecular weight excluding hydrogens is 312 g/mol. The molecule has 0 spiro atoms. The third-order valence-electron chi connectivity index (χ3n) is 4.65. The molecule has 1 N–H and O–H groups in total. The minimum absolute atomic E-state index is 0.127. The maximum atomic E-state index is 12.8. The average molecular weight is 333 g/mol. The van der Waals surface area contributed by atoms with Crippen molar-refractivity contribution < 1.29 is 9.32 Å². The quantitative estimate of drug-likeness (QED) is 0.892. The number of carbonyl (C=O) groups excluding carboxylic acids is 1. The van der Waals surface area contributed by atoms with Crippen LogP contribution in [0.5, 0.6) is 0 Å². The highest BCUT2D eigenvalue weighted by molar-refractivity contribution is 6.33. The van der Waals surface area contributed by atoms with Gasteiger partial charge in [-0.2, -0.15) is 0 Å². The minimum atomic E-state index is -0.127. The Morgan fingerprint density at radius 3 is 2.78 bits per heavy atom. The van der Waals surface area contributed by atoms with Gasteiger partial charge in [0.2, 0.25) is 0 Å². The van der Waals surface area contributed by atoms with Crippen LogP contribution in [-0.4, -0.2) is 17.1 Å². The second kappa shape index (κ2) is 6.75. The number of aryl methyl sites for hydroxylation is 1. The molecule has 3 rings (SSSR count). The van der Waals surface area contributed by atoms with Crippen LogP contribution in [-0.2, 0) is 0 Å². The number of carbonyl (C=O) groups is 1. The molecule has 1 aromatic heterocycles. The van der Waals surface area contributed by atoms with Gasteiger partial charge in [0.15, 0.2) is 0 Å². The van der Waals surface area contributed by atoms with Crippen LogP contribution in [0.1, 0.15) is 48.7 Å². The van der Waals surface area contributed by atoms with E-state index < -0.39 is 0 Å². The number of aromatic nitrogens is 1. The maximum Gasteiger partial charge on any atom is 0.257 e. The molecule has 2 aromatic rings. The van der Waals surface area contributed by atoms with Crippen molar-refractivity contribution in [1.82, 2.24) is 10.5 Å². The fourth-order valence-electron chi connectivity index (χ4n) is 3.25. The Kier molecular flexibility index (Phi) is 4.71. The number of rotatable bonds is 3. The van der Waals surface area contributed by atoms with Crippen molar-refractivity contribution in [2.75, 3.05) is 0 Å². The van der Waals surface area contributed by atoms with E-state index in [0.29, 0.717) is 33.5 Å². The van der Waals surface area contributed by atoms with Crippen molar-refractivity contribution in [2.45, 2.75) is 45.6 Å². The molecule has 1 amide bonds. The van der Waals surface area contributed by atoms with E-state index in [0.717, 1.165) is 19.3 Å². The van der Waals surface area contributed by atoms with Crippen molar-refractivity contribution in [3.63, 3.8) is 0 Å². The molecule has 0 unspecified atom stereocenters. The van der Waals surface area contributed by atoms with Gasteiger partial charge >= 0.3 is 0 Å². The predicted octanol–water partition coefficient (Wildman–Crippen LogP) is 4.61. The highest BCUT2D eigenvalue weighted by Crippen LogP contribution is 2.31. The first-order valence-corrected chi connectivity index (χ1v) is 8.47. The first-order chi connectivity index (χ1) is 11.1. The summed E-state index contributed by atoms with van der Waals surface area (Å²) < 4.78 is 5.27. The molecule has 4 nitrogen and oxygen atoms in total. The number of benzene rings is 1. The van der Waals surface area contributed by atoms with Gasteiger partial charge < -0.3 is 9.84 Å². The monoisotopic (exact) mass is 332 g/mol. The number of nitrogens with zero attached hydrogens (tertiary/aromatic N) is 1. The number of hydrogen-bond acceptors (Lipinski definition) is 3. The molecule has 122 valence electrons. The van der Waals surface area contributed by atoms with E-state index >= 15 is 0 Å². The zero-order chi connectivity index (χ0) is 16.4. The molecule has 2 atom stereocenters. The summed E-state index contributed by atoms with van der Waals surface area (Å²) >= 11 is 6.25. The van der Waals surface area contributed by atoms with E-state index in [1.807, 2.05) is 18.2 Å². The van der Waals surface area contributed by atoms with Crippen molar-refractivity contribution in [1.29, 1.82) is 0 Å². The van der Waals surface area contributed by atoms with Crippen LogP contribution >= 0.6 is 11.6 Å². The van der Waals surface area contributed by atoms with Crippen LogP contribution in [0.15, 0.2) is 28.8 Å². The summed E-state index contributed by atoms with van der Waals surface area (Å²) in [6, 6.07) is 7.56. The molecule has 0 radical (unpaired) electrons. The summed E-state index contributed by atoms with van der Waals surface area (Å²) in [6.45, 7) is 3.95. The van der Waals surface area contributed by atoms with Crippen LogP contribution in [0.25, 0.3) is 11.3 Å². The Hall–Kier alpha value is -1.81. The standard InChI is InChI=1S/C18H21ClN2O2/c1-11-7-3-6-10-15(11)20-18(22)16-12(2)23-21-17(16)13-8-4-5-9-14(13)19/h4-5,8-9,11,15H,3,6-7,10H2,1-2H3,(H,20,22)/t11-,15+/m1/s1. The molecular formula is C18H21ClN2O2. The third kappa shape index (κ3) is 3.27. The van der Waals surface area contributed by atoms with Crippen LogP contribution < -0.4 is 5.32 Å². The van der Waals surface area contributed by atoms with E-state index in [2.05, 4.69) is 17.4 Å². The van der Waals surface area contributed by atoms with Crippen molar-refractivity contribution >= 4 is 17.5 Å². The van der Waals surface area contributed by atoms with Gasteiger partial charge in [-0.05, 0) is 31.7 Å². The van der Waals surface area contributed by atoms with Gasteiger partial charge in [0.25, 0.3) is 5.91 Å². The molecule has 5 heteroatoms. The average Bonchev–Trinajstić information content (AvgIpc) is 2.91. The first-order valence-electron chi connectivity index (χ1n) is 8.10. The second-order valence-electron chi connectivity index (χ2n) is 6.28. The molecule has 1 aromatic carbocycles. The molecule has 1 saturated carbocycles. The van der Waals surface area contributed by atoms with E-state index in [1.165, 1.54) is 6.42 Å². The van der Waals surface area contributed by atoms with E-state index in [9.17, 15) is 4.79 Å². The topological polar surface area (TPSA) is 55.1 Å². The lowest BCUT2D eigenvalue weighted by Gasteiger charge is -2.29. The van der Waals surface area contributed by atoms with Gasteiger partial charge in [-0.15, -0.1) is 0 Å². The Balaban J connectivity index is 1.89. The smallest absolute Gasteiger partial charge is 0.257 e. The van der Waals surface area contributed by atoms with Crippen molar-refractivity contribution in [2.24, 2.45) is 5.92 Å². The van der Waals surface area contributed by atoms with Gasteiger partial charge in [0, 0.05) is 11.6 Å². The zero-order valence-corrected chi connectivity index (χ0v) is 14.2. The normalized spacial score (nSPS) is 21.2. The Morgan fingerprint density at radius 2 is 2.04 bits per heavy atom. The minimum Gasteiger partial charge on any atom is -0.360 e. The molecule has 1 fully saturated rings. The van der Waals surface area contributed by atoms with Crippen LogP contribution in [0.3, 0.4) is 0 Å². The lowest BCUT2D eigenvalue weighted by atomic mass is 9.86. The van der Waals surface area contributed by atoms with Gasteiger partial charge in [0.1, 0.15) is 17.0 Å². The summed E-state index contributed by atoms with van der Waals surface area (Å²) in [4.78, 5) is 12.8. The van der Waals surface area contributed by atoms with Crippen LogP contribution in [0, 0.1) is 12.8 Å².